The molecule has 0 fully saturated rings. The lowest BCUT2D eigenvalue weighted by Crippen LogP contribution is -2.47. The third-order valence-electron chi connectivity index (χ3n) is 4.02. The Balaban J connectivity index is 3.24. The second-order valence-electron chi connectivity index (χ2n) is 5.88. The normalized spacial score (nSPS) is 11.7. The Bertz CT molecular complexity index is 693. The zero-order valence-corrected chi connectivity index (χ0v) is 15.2. The molecule has 1 atom stereocenters. The highest BCUT2D eigenvalue weighted by Gasteiger charge is 2.30. The van der Waals surface area contributed by atoms with Gasteiger partial charge < -0.3 is 20.3 Å². The standard InChI is InChI=1S/C17H25N3O5/c1-6-13-14(11(4)21)9(2)19-15(13)16(23)20(10(3)17(24)25)8-7-18-12(5)22/h10,19H,6-8H2,1-5H3,(H,18,22)(H,24,25). The van der Waals surface area contributed by atoms with E-state index >= 15 is 0 Å². The second-order valence-corrected chi connectivity index (χ2v) is 5.88. The first-order valence-corrected chi connectivity index (χ1v) is 8.12. The monoisotopic (exact) mass is 351 g/mol. The maximum atomic E-state index is 12.9. The van der Waals surface area contributed by atoms with E-state index in [1.54, 1.807) is 6.92 Å². The van der Waals surface area contributed by atoms with E-state index in [0.717, 1.165) is 0 Å². The molecule has 8 heteroatoms. The summed E-state index contributed by atoms with van der Waals surface area (Å²) in [6.45, 7) is 7.89. The van der Waals surface area contributed by atoms with Crippen molar-refractivity contribution in [2.45, 2.75) is 47.1 Å². The van der Waals surface area contributed by atoms with Crippen LogP contribution in [0.2, 0.25) is 0 Å². The number of ketones is 1. The summed E-state index contributed by atoms with van der Waals surface area (Å²) >= 11 is 0. The molecule has 0 saturated carbocycles. The average Bonchev–Trinajstić information content (AvgIpc) is 2.86. The van der Waals surface area contributed by atoms with Gasteiger partial charge in [-0.3, -0.25) is 14.4 Å². The molecule has 0 spiro atoms. The van der Waals surface area contributed by atoms with Crippen LogP contribution in [-0.2, 0) is 16.0 Å². The molecule has 2 amide bonds. The molecule has 0 aliphatic carbocycles. The largest absolute Gasteiger partial charge is 0.480 e. The van der Waals surface area contributed by atoms with E-state index in [1.165, 1.54) is 25.7 Å². The van der Waals surface area contributed by atoms with Crippen LogP contribution in [0.3, 0.4) is 0 Å². The topological polar surface area (TPSA) is 120 Å². The van der Waals surface area contributed by atoms with Crippen LogP contribution in [0.25, 0.3) is 0 Å². The zero-order chi connectivity index (χ0) is 19.3. The minimum atomic E-state index is -1.15. The first kappa shape index (κ1) is 20.4. The van der Waals surface area contributed by atoms with Gasteiger partial charge in [0, 0.05) is 31.3 Å². The molecular weight excluding hydrogens is 326 g/mol. The van der Waals surface area contributed by atoms with Gasteiger partial charge in [0.2, 0.25) is 5.91 Å². The molecule has 3 N–H and O–H groups in total. The molecule has 0 bridgehead atoms. The number of H-pyrrole nitrogens is 1. The van der Waals surface area contributed by atoms with Crippen LogP contribution < -0.4 is 5.32 Å². The molecule has 1 aromatic heterocycles. The predicted octanol–water partition coefficient (Wildman–Crippen LogP) is 1.14. The number of aromatic nitrogens is 1. The molecule has 138 valence electrons. The van der Waals surface area contributed by atoms with E-state index in [4.69, 9.17) is 0 Å². The number of amides is 2. The number of rotatable bonds is 8. The summed E-state index contributed by atoms with van der Waals surface area (Å²) in [5.74, 6) is -2.07. The lowest BCUT2D eigenvalue weighted by atomic mass is 10.0. The number of carbonyl (C=O) groups is 4. The number of nitrogens with one attached hydrogen (secondary N) is 2. The van der Waals surface area contributed by atoms with Gasteiger partial charge in [0.15, 0.2) is 5.78 Å². The Hall–Kier alpha value is -2.64. The van der Waals surface area contributed by atoms with Crippen molar-refractivity contribution in [2.24, 2.45) is 0 Å². The minimum Gasteiger partial charge on any atom is -0.480 e. The fraction of sp³-hybridized carbons (Fsp3) is 0.529. The Kier molecular flexibility index (Phi) is 6.90. The van der Waals surface area contributed by atoms with E-state index in [1.807, 2.05) is 6.92 Å². The van der Waals surface area contributed by atoms with Gasteiger partial charge in [0.05, 0.1) is 0 Å². The molecule has 0 radical (unpaired) electrons. The Labute approximate surface area is 146 Å². The number of Topliss-reactive ketones (excluding diaryl/α,β-unsaturated/α-hetero) is 1. The van der Waals surface area contributed by atoms with Crippen molar-refractivity contribution >= 4 is 23.6 Å². The molecule has 1 heterocycles. The van der Waals surface area contributed by atoms with Gasteiger partial charge >= 0.3 is 5.97 Å². The Morgan fingerprint density at radius 2 is 1.84 bits per heavy atom. The number of hydrogen-bond acceptors (Lipinski definition) is 4. The first-order valence-electron chi connectivity index (χ1n) is 8.12. The van der Waals surface area contributed by atoms with Crippen LogP contribution in [0.5, 0.6) is 0 Å². The van der Waals surface area contributed by atoms with E-state index in [0.29, 0.717) is 23.2 Å². The van der Waals surface area contributed by atoms with Crippen molar-refractivity contribution in [3.05, 3.63) is 22.5 Å². The highest BCUT2D eigenvalue weighted by molar-refractivity contribution is 6.03. The maximum Gasteiger partial charge on any atom is 0.326 e. The van der Waals surface area contributed by atoms with Crippen molar-refractivity contribution in [1.82, 2.24) is 15.2 Å². The molecule has 1 rings (SSSR count). The third-order valence-corrected chi connectivity index (χ3v) is 4.02. The maximum absolute atomic E-state index is 12.9. The molecule has 1 unspecified atom stereocenters. The summed E-state index contributed by atoms with van der Waals surface area (Å²) in [4.78, 5) is 51.3. The molecular formula is C17H25N3O5. The van der Waals surface area contributed by atoms with Gasteiger partial charge in [-0.25, -0.2) is 4.79 Å². The number of aliphatic carboxylic acids is 1. The lowest BCUT2D eigenvalue weighted by molar-refractivity contribution is -0.141. The quantitative estimate of drug-likeness (QED) is 0.607. The fourth-order valence-electron chi connectivity index (χ4n) is 2.79. The smallest absolute Gasteiger partial charge is 0.326 e. The number of aromatic amines is 1. The number of carboxylic acid groups (broad SMARTS) is 1. The van der Waals surface area contributed by atoms with Gasteiger partial charge in [-0.1, -0.05) is 6.92 Å². The average molecular weight is 351 g/mol. The summed E-state index contributed by atoms with van der Waals surface area (Å²) in [6, 6.07) is -1.07. The Morgan fingerprint density at radius 3 is 2.28 bits per heavy atom. The van der Waals surface area contributed by atoms with Gasteiger partial charge in [-0.15, -0.1) is 0 Å². The van der Waals surface area contributed by atoms with E-state index in [2.05, 4.69) is 10.3 Å². The zero-order valence-electron chi connectivity index (χ0n) is 15.2. The third kappa shape index (κ3) is 4.68. The summed E-state index contributed by atoms with van der Waals surface area (Å²) in [5, 5.41) is 11.8. The molecule has 1 aromatic rings. The molecule has 0 saturated heterocycles. The second kappa shape index (κ2) is 8.46. The molecule has 0 aliphatic rings. The first-order chi connectivity index (χ1) is 11.6. The van der Waals surface area contributed by atoms with E-state index in [9.17, 15) is 24.3 Å². The molecule has 0 aliphatic heterocycles. The van der Waals surface area contributed by atoms with Crippen LogP contribution >= 0.6 is 0 Å². The minimum absolute atomic E-state index is 0.0442. The number of hydrogen-bond donors (Lipinski definition) is 3. The van der Waals surface area contributed by atoms with Crippen LogP contribution in [0, 0.1) is 6.92 Å². The number of aryl methyl sites for hydroxylation is 1. The molecule has 25 heavy (non-hydrogen) atoms. The summed E-state index contributed by atoms with van der Waals surface area (Å²) in [6.07, 6.45) is 0.460. The SMILES string of the molecule is CCc1c(C(=O)N(CCNC(C)=O)C(C)C(=O)O)[nH]c(C)c1C(C)=O. The fourth-order valence-corrected chi connectivity index (χ4v) is 2.79. The van der Waals surface area contributed by atoms with Crippen molar-refractivity contribution < 1.29 is 24.3 Å². The highest BCUT2D eigenvalue weighted by Crippen LogP contribution is 2.22. The molecule has 8 nitrogen and oxygen atoms in total. The number of carboxylic acids is 1. The van der Waals surface area contributed by atoms with Gasteiger partial charge in [-0.2, -0.15) is 0 Å². The molecule has 0 aromatic carbocycles. The van der Waals surface area contributed by atoms with Crippen LogP contribution in [0.1, 0.15) is 59.8 Å². The van der Waals surface area contributed by atoms with Gasteiger partial charge in [0.1, 0.15) is 11.7 Å². The van der Waals surface area contributed by atoms with Crippen molar-refractivity contribution in [2.75, 3.05) is 13.1 Å². The van der Waals surface area contributed by atoms with Crippen LogP contribution in [0.15, 0.2) is 0 Å². The van der Waals surface area contributed by atoms with E-state index in [-0.39, 0.29) is 30.5 Å². The summed E-state index contributed by atoms with van der Waals surface area (Å²) in [5.41, 5.74) is 1.85. The van der Waals surface area contributed by atoms with E-state index < -0.39 is 17.9 Å². The summed E-state index contributed by atoms with van der Waals surface area (Å²) < 4.78 is 0. The van der Waals surface area contributed by atoms with Gasteiger partial charge in [-0.05, 0) is 32.8 Å². The number of carbonyl (C=O) groups excluding carboxylic acids is 3. The lowest BCUT2D eigenvalue weighted by Gasteiger charge is -2.26. The van der Waals surface area contributed by atoms with Crippen molar-refractivity contribution in [3.8, 4) is 0 Å². The highest BCUT2D eigenvalue weighted by atomic mass is 16.4. The van der Waals surface area contributed by atoms with Crippen LogP contribution in [-0.4, -0.2) is 57.7 Å². The Morgan fingerprint density at radius 1 is 1.24 bits per heavy atom. The number of nitrogens with zero attached hydrogens (tertiary/aromatic N) is 1. The van der Waals surface area contributed by atoms with Crippen molar-refractivity contribution in [3.63, 3.8) is 0 Å². The van der Waals surface area contributed by atoms with Crippen LogP contribution in [0.4, 0.5) is 0 Å². The summed E-state index contributed by atoms with van der Waals surface area (Å²) in [7, 11) is 0. The van der Waals surface area contributed by atoms with Crippen molar-refractivity contribution in [1.29, 1.82) is 0 Å². The van der Waals surface area contributed by atoms with Gasteiger partial charge in [0.25, 0.3) is 5.91 Å². The predicted molar refractivity (Wildman–Crippen MR) is 91.7 cm³/mol.